The number of aliphatic imine (C=N–C) groups is 1. The normalized spacial score (nSPS) is 19.3. The fraction of sp³-hybridized carbons (Fsp3) is 0.933. The highest BCUT2D eigenvalue weighted by molar-refractivity contribution is 5.80. The molecule has 1 aliphatic rings. The van der Waals surface area contributed by atoms with Crippen molar-refractivity contribution in [2.75, 3.05) is 46.8 Å². The smallest absolute Gasteiger partial charge is 0.193 e. The molecule has 0 aromatic carbocycles. The number of nitrogens with one attached hydrogen (secondary N) is 1. The van der Waals surface area contributed by atoms with E-state index in [9.17, 15) is 0 Å². The SMILES string of the molecule is CCCCN(C)CCNC(=NC)N1CCC(C)(C)C1. The molecule has 1 heterocycles. The molecule has 0 unspecified atom stereocenters. The first-order valence-corrected chi connectivity index (χ1v) is 7.62. The second-order valence-corrected chi connectivity index (χ2v) is 6.47. The zero-order valence-electron chi connectivity index (χ0n) is 13.5. The quantitative estimate of drug-likeness (QED) is 0.591. The second kappa shape index (κ2) is 7.73. The van der Waals surface area contributed by atoms with Crippen LogP contribution in [0.4, 0.5) is 0 Å². The Morgan fingerprint density at radius 1 is 1.37 bits per heavy atom. The summed E-state index contributed by atoms with van der Waals surface area (Å²) >= 11 is 0. The van der Waals surface area contributed by atoms with Crippen LogP contribution in [0.25, 0.3) is 0 Å². The summed E-state index contributed by atoms with van der Waals surface area (Å²) in [6.45, 7) is 12.4. The van der Waals surface area contributed by atoms with Gasteiger partial charge in [-0.3, -0.25) is 4.99 Å². The van der Waals surface area contributed by atoms with E-state index >= 15 is 0 Å². The molecule has 0 aromatic rings. The fourth-order valence-electron chi connectivity index (χ4n) is 2.52. The molecule has 4 nitrogen and oxygen atoms in total. The standard InChI is InChI=1S/C15H32N4/c1-6-7-10-18(5)12-9-17-14(16-4)19-11-8-15(2,3)13-19/h6-13H2,1-5H3,(H,16,17). The predicted octanol–water partition coefficient (Wildman–Crippen LogP) is 2.03. The number of guanidine groups is 1. The molecule has 0 amide bonds. The average Bonchev–Trinajstić information content (AvgIpc) is 2.72. The van der Waals surface area contributed by atoms with E-state index in [1.165, 1.54) is 25.8 Å². The van der Waals surface area contributed by atoms with E-state index < -0.39 is 0 Å². The van der Waals surface area contributed by atoms with Gasteiger partial charge in [-0.05, 0) is 31.8 Å². The van der Waals surface area contributed by atoms with Gasteiger partial charge < -0.3 is 15.1 Å². The van der Waals surface area contributed by atoms with Gasteiger partial charge >= 0.3 is 0 Å². The zero-order valence-corrected chi connectivity index (χ0v) is 13.5. The first-order chi connectivity index (χ1) is 8.98. The van der Waals surface area contributed by atoms with Crippen molar-refractivity contribution in [1.82, 2.24) is 15.1 Å². The molecule has 0 atom stereocenters. The second-order valence-electron chi connectivity index (χ2n) is 6.47. The van der Waals surface area contributed by atoms with Crippen LogP contribution in [0.2, 0.25) is 0 Å². The number of hydrogen-bond acceptors (Lipinski definition) is 2. The van der Waals surface area contributed by atoms with Gasteiger partial charge in [-0.2, -0.15) is 0 Å². The fourth-order valence-corrected chi connectivity index (χ4v) is 2.52. The Morgan fingerprint density at radius 2 is 2.11 bits per heavy atom. The van der Waals surface area contributed by atoms with Crippen LogP contribution >= 0.6 is 0 Å². The lowest BCUT2D eigenvalue weighted by Gasteiger charge is -2.24. The van der Waals surface area contributed by atoms with Gasteiger partial charge in [0.2, 0.25) is 0 Å². The molecule has 1 N–H and O–H groups in total. The third kappa shape index (κ3) is 5.81. The minimum Gasteiger partial charge on any atom is -0.355 e. The van der Waals surface area contributed by atoms with Crippen LogP contribution in [0.15, 0.2) is 4.99 Å². The maximum absolute atomic E-state index is 4.41. The van der Waals surface area contributed by atoms with Gasteiger partial charge in [-0.25, -0.2) is 0 Å². The minimum atomic E-state index is 0.426. The summed E-state index contributed by atoms with van der Waals surface area (Å²) in [5, 5.41) is 3.49. The van der Waals surface area contributed by atoms with Crippen molar-refractivity contribution in [2.24, 2.45) is 10.4 Å². The number of hydrogen-bond donors (Lipinski definition) is 1. The summed E-state index contributed by atoms with van der Waals surface area (Å²) in [4.78, 5) is 9.18. The third-order valence-electron chi connectivity index (χ3n) is 3.86. The lowest BCUT2D eigenvalue weighted by atomic mass is 9.93. The Labute approximate surface area is 119 Å². The van der Waals surface area contributed by atoms with Crippen LogP contribution in [-0.4, -0.2) is 62.6 Å². The van der Waals surface area contributed by atoms with Gasteiger partial charge in [0, 0.05) is 33.2 Å². The maximum Gasteiger partial charge on any atom is 0.193 e. The van der Waals surface area contributed by atoms with Crippen molar-refractivity contribution in [3.05, 3.63) is 0 Å². The molecule has 1 saturated heterocycles. The molecule has 0 bridgehead atoms. The van der Waals surface area contributed by atoms with E-state index in [0.29, 0.717) is 5.41 Å². The Kier molecular flexibility index (Phi) is 6.63. The summed E-state index contributed by atoms with van der Waals surface area (Å²) in [6, 6.07) is 0. The molecule has 1 rings (SSSR count). The van der Waals surface area contributed by atoms with Crippen LogP contribution in [-0.2, 0) is 0 Å². The Hall–Kier alpha value is -0.770. The number of likely N-dealkylation sites (tertiary alicyclic amines) is 1. The van der Waals surface area contributed by atoms with Crippen LogP contribution in [0.1, 0.15) is 40.0 Å². The van der Waals surface area contributed by atoms with Crippen LogP contribution < -0.4 is 5.32 Å². The van der Waals surface area contributed by atoms with Gasteiger partial charge in [0.15, 0.2) is 5.96 Å². The van der Waals surface area contributed by atoms with Gasteiger partial charge in [-0.15, -0.1) is 0 Å². The minimum absolute atomic E-state index is 0.426. The van der Waals surface area contributed by atoms with Gasteiger partial charge in [-0.1, -0.05) is 27.2 Å². The molecule has 19 heavy (non-hydrogen) atoms. The maximum atomic E-state index is 4.41. The topological polar surface area (TPSA) is 30.9 Å². The monoisotopic (exact) mass is 268 g/mol. The lowest BCUT2D eigenvalue weighted by Crippen LogP contribution is -2.43. The highest BCUT2D eigenvalue weighted by Crippen LogP contribution is 2.28. The van der Waals surface area contributed by atoms with Gasteiger partial charge in [0.05, 0.1) is 0 Å². The van der Waals surface area contributed by atoms with Gasteiger partial charge in [0.25, 0.3) is 0 Å². The van der Waals surface area contributed by atoms with Gasteiger partial charge in [0.1, 0.15) is 0 Å². The molecule has 0 aliphatic carbocycles. The van der Waals surface area contributed by atoms with E-state index in [-0.39, 0.29) is 0 Å². The van der Waals surface area contributed by atoms with Crippen LogP contribution in [0.3, 0.4) is 0 Å². The number of rotatable bonds is 6. The molecule has 0 aromatic heterocycles. The van der Waals surface area contributed by atoms with E-state index in [0.717, 1.165) is 32.1 Å². The number of unbranched alkanes of at least 4 members (excludes halogenated alkanes) is 1. The first-order valence-electron chi connectivity index (χ1n) is 7.62. The summed E-state index contributed by atoms with van der Waals surface area (Å²) in [5.41, 5.74) is 0.426. The summed E-state index contributed by atoms with van der Waals surface area (Å²) in [7, 11) is 4.08. The Bertz CT molecular complexity index is 286. The van der Waals surface area contributed by atoms with Crippen molar-refractivity contribution in [2.45, 2.75) is 40.0 Å². The van der Waals surface area contributed by atoms with Crippen molar-refractivity contribution in [1.29, 1.82) is 0 Å². The molecule has 112 valence electrons. The van der Waals surface area contributed by atoms with E-state index in [1.54, 1.807) is 0 Å². The zero-order chi connectivity index (χ0) is 14.3. The third-order valence-corrected chi connectivity index (χ3v) is 3.86. The molecule has 4 heteroatoms. The molecular weight excluding hydrogens is 236 g/mol. The van der Waals surface area contributed by atoms with E-state index in [1.807, 2.05) is 7.05 Å². The molecule has 1 aliphatic heterocycles. The largest absolute Gasteiger partial charge is 0.355 e. The van der Waals surface area contributed by atoms with Crippen molar-refractivity contribution in [3.63, 3.8) is 0 Å². The first kappa shape index (κ1) is 16.3. The molecular formula is C15H32N4. The van der Waals surface area contributed by atoms with Crippen molar-refractivity contribution >= 4 is 5.96 Å². The summed E-state index contributed by atoms with van der Waals surface area (Å²) in [5.74, 6) is 1.06. The van der Waals surface area contributed by atoms with Crippen LogP contribution in [0.5, 0.6) is 0 Å². The predicted molar refractivity (Wildman–Crippen MR) is 83.7 cm³/mol. The van der Waals surface area contributed by atoms with E-state index in [2.05, 4.69) is 47.9 Å². The van der Waals surface area contributed by atoms with Crippen LogP contribution in [0, 0.1) is 5.41 Å². The molecule has 0 radical (unpaired) electrons. The Morgan fingerprint density at radius 3 is 2.63 bits per heavy atom. The highest BCUT2D eigenvalue weighted by Gasteiger charge is 2.30. The average molecular weight is 268 g/mol. The summed E-state index contributed by atoms with van der Waals surface area (Å²) < 4.78 is 0. The number of likely N-dealkylation sites (N-methyl/N-ethyl adjacent to an activating group) is 1. The summed E-state index contributed by atoms with van der Waals surface area (Å²) in [6.07, 6.45) is 3.80. The van der Waals surface area contributed by atoms with Crippen molar-refractivity contribution in [3.8, 4) is 0 Å². The highest BCUT2D eigenvalue weighted by atomic mass is 15.3. The lowest BCUT2D eigenvalue weighted by molar-refractivity contribution is 0.328. The molecule has 0 spiro atoms. The van der Waals surface area contributed by atoms with Crippen molar-refractivity contribution < 1.29 is 0 Å². The molecule has 1 fully saturated rings. The Balaban J connectivity index is 2.27. The molecule has 0 saturated carbocycles. The number of nitrogens with zero attached hydrogens (tertiary/aromatic N) is 3. The van der Waals surface area contributed by atoms with E-state index in [4.69, 9.17) is 0 Å².